The first-order chi connectivity index (χ1) is 14.7. The number of nitrogens with zero attached hydrogens (tertiary/aromatic N) is 3. The van der Waals surface area contributed by atoms with Crippen LogP contribution in [0, 0.1) is 10.8 Å². The van der Waals surface area contributed by atoms with Crippen LogP contribution in [0.4, 0.5) is 10.3 Å². The maximum Gasteiger partial charge on any atom is 0.311 e. The standard InChI is InChI=1S/C20H28FN5O6/c1-19(2,3)16(28)30-7-9-12(32-17(29)20(4,5)6)10(21)15(31-9)26-8-23-11-13(26)24-18(22)25-14(11)27/h8-10,12,15H,7H2,1-6H3,(H3,22,24,25,27)/t9-,10+,12-,15-/m1/s1. The van der Waals surface area contributed by atoms with Crippen molar-refractivity contribution in [2.24, 2.45) is 10.8 Å². The van der Waals surface area contributed by atoms with E-state index in [0.29, 0.717) is 0 Å². The monoisotopic (exact) mass is 453 g/mol. The van der Waals surface area contributed by atoms with Crippen LogP contribution in [0.25, 0.3) is 11.2 Å². The van der Waals surface area contributed by atoms with Gasteiger partial charge in [-0.3, -0.25) is 23.9 Å². The molecule has 0 spiro atoms. The lowest BCUT2D eigenvalue weighted by Gasteiger charge is -2.25. The number of aromatic nitrogens is 4. The van der Waals surface area contributed by atoms with Crippen LogP contribution in [-0.4, -0.2) is 56.4 Å². The molecule has 0 bridgehead atoms. The average molecular weight is 453 g/mol. The summed E-state index contributed by atoms with van der Waals surface area (Å²) in [6, 6.07) is 0. The van der Waals surface area contributed by atoms with E-state index < -0.39 is 52.9 Å². The molecule has 12 heteroatoms. The smallest absolute Gasteiger partial charge is 0.311 e. The predicted molar refractivity (Wildman–Crippen MR) is 111 cm³/mol. The molecule has 3 N–H and O–H groups in total. The van der Waals surface area contributed by atoms with Crippen LogP contribution in [0.2, 0.25) is 0 Å². The van der Waals surface area contributed by atoms with Crippen LogP contribution >= 0.6 is 0 Å². The molecule has 0 saturated carbocycles. The molecule has 1 aliphatic rings. The van der Waals surface area contributed by atoms with Gasteiger partial charge in [-0.05, 0) is 41.5 Å². The van der Waals surface area contributed by atoms with Crippen LogP contribution in [0.15, 0.2) is 11.1 Å². The molecule has 1 fully saturated rings. The third-order valence-electron chi connectivity index (χ3n) is 4.84. The Bertz CT molecular complexity index is 1080. The maximum atomic E-state index is 15.6. The fourth-order valence-corrected chi connectivity index (χ4v) is 3.00. The Labute approximate surface area is 183 Å². The molecule has 3 heterocycles. The summed E-state index contributed by atoms with van der Waals surface area (Å²) in [5.74, 6) is -1.34. The van der Waals surface area contributed by atoms with Crippen LogP contribution in [-0.2, 0) is 23.8 Å². The number of anilines is 1. The summed E-state index contributed by atoms with van der Waals surface area (Å²) in [5.41, 5.74) is 3.29. The van der Waals surface area contributed by atoms with Crippen LogP contribution in [0.3, 0.4) is 0 Å². The van der Waals surface area contributed by atoms with Crippen LogP contribution < -0.4 is 11.3 Å². The maximum absolute atomic E-state index is 15.6. The van der Waals surface area contributed by atoms with Gasteiger partial charge in [0.15, 0.2) is 29.7 Å². The number of alkyl halides is 1. The highest BCUT2D eigenvalue weighted by Gasteiger charge is 2.50. The number of halogens is 1. The Morgan fingerprint density at radius 1 is 1.22 bits per heavy atom. The van der Waals surface area contributed by atoms with Crippen molar-refractivity contribution in [3.8, 4) is 0 Å². The van der Waals surface area contributed by atoms with E-state index in [0.717, 1.165) is 0 Å². The number of carbonyl (C=O) groups excluding carboxylic acids is 2. The summed E-state index contributed by atoms with van der Waals surface area (Å²) in [7, 11) is 0. The number of fused-ring (bicyclic) bond motifs is 1. The number of nitrogens with one attached hydrogen (secondary N) is 1. The highest BCUT2D eigenvalue weighted by atomic mass is 19.1. The van der Waals surface area contributed by atoms with Crippen molar-refractivity contribution in [1.82, 2.24) is 19.5 Å². The molecule has 0 unspecified atom stereocenters. The molecule has 1 saturated heterocycles. The van der Waals surface area contributed by atoms with E-state index in [-0.39, 0.29) is 23.7 Å². The molecular weight excluding hydrogens is 425 g/mol. The van der Waals surface area contributed by atoms with Crippen molar-refractivity contribution in [2.75, 3.05) is 12.3 Å². The average Bonchev–Trinajstić information content (AvgIpc) is 3.20. The van der Waals surface area contributed by atoms with E-state index in [1.54, 1.807) is 41.5 Å². The summed E-state index contributed by atoms with van der Waals surface area (Å²) in [6.45, 7) is 9.58. The Kier molecular flexibility index (Phi) is 6.02. The number of nitrogens with two attached hydrogens (primary N) is 1. The van der Waals surface area contributed by atoms with Gasteiger partial charge >= 0.3 is 11.9 Å². The Morgan fingerprint density at radius 2 is 1.84 bits per heavy atom. The fraction of sp³-hybridized carbons (Fsp3) is 0.650. The minimum atomic E-state index is -1.86. The van der Waals surface area contributed by atoms with Gasteiger partial charge in [0.25, 0.3) is 5.56 Å². The molecule has 2 aromatic rings. The molecular formula is C20H28FN5O6. The zero-order valence-corrected chi connectivity index (χ0v) is 18.8. The van der Waals surface area contributed by atoms with Crippen molar-refractivity contribution < 1.29 is 28.2 Å². The third-order valence-corrected chi connectivity index (χ3v) is 4.84. The first kappa shape index (κ1) is 23.6. The molecule has 2 aromatic heterocycles. The molecule has 0 radical (unpaired) electrons. The first-order valence-electron chi connectivity index (χ1n) is 10.1. The van der Waals surface area contributed by atoms with E-state index in [4.69, 9.17) is 19.9 Å². The topological polar surface area (TPSA) is 151 Å². The van der Waals surface area contributed by atoms with Gasteiger partial charge in [-0.1, -0.05) is 0 Å². The molecule has 32 heavy (non-hydrogen) atoms. The Balaban J connectivity index is 1.93. The van der Waals surface area contributed by atoms with E-state index in [2.05, 4.69) is 15.0 Å². The van der Waals surface area contributed by atoms with Gasteiger partial charge in [0.05, 0.1) is 17.2 Å². The van der Waals surface area contributed by atoms with Crippen LogP contribution in [0.1, 0.15) is 47.8 Å². The number of carbonyl (C=O) groups is 2. The fourth-order valence-electron chi connectivity index (χ4n) is 3.00. The Morgan fingerprint density at radius 3 is 2.44 bits per heavy atom. The minimum Gasteiger partial charge on any atom is -0.462 e. The van der Waals surface area contributed by atoms with E-state index in [9.17, 15) is 14.4 Å². The Hall–Kier alpha value is -3.02. The van der Waals surface area contributed by atoms with E-state index in [1.807, 2.05) is 0 Å². The lowest BCUT2D eigenvalue weighted by atomic mass is 9.97. The van der Waals surface area contributed by atoms with Gasteiger partial charge in [0, 0.05) is 0 Å². The van der Waals surface area contributed by atoms with E-state index >= 15 is 4.39 Å². The number of H-pyrrole nitrogens is 1. The van der Waals surface area contributed by atoms with Gasteiger partial charge in [0.2, 0.25) is 5.95 Å². The second-order valence-corrected chi connectivity index (χ2v) is 9.75. The molecule has 0 amide bonds. The van der Waals surface area contributed by atoms with Gasteiger partial charge in [0.1, 0.15) is 12.7 Å². The van der Waals surface area contributed by atoms with Gasteiger partial charge < -0.3 is 19.9 Å². The first-order valence-corrected chi connectivity index (χ1v) is 10.1. The number of aromatic amines is 1. The van der Waals surface area contributed by atoms with Crippen molar-refractivity contribution >= 4 is 29.1 Å². The number of imidazole rings is 1. The zero-order chi connectivity index (χ0) is 24.0. The van der Waals surface area contributed by atoms with Crippen molar-refractivity contribution in [1.29, 1.82) is 0 Å². The highest BCUT2D eigenvalue weighted by Crippen LogP contribution is 2.36. The second-order valence-electron chi connectivity index (χ2n) is 9.75. The number of hydrogen-bond acceptors (Lipinski definition) is 9. The number of rotatable bonds is 4. The molecule has 4 atom stereocenters. The summed E-state index contributed by atoms with van der Waals surface area (Å²) in [6.07, 6.45) is -4.47. The lowest BCUT2D eigenvalue weighted by molar-refractivity contribution is -0.168. The SMILES string of the molecule is CC(C)(C)C(=O)OC[C@H]1O[C@@H](n2cnc3c(=O)[nH]c(N)nc32)[C@@H](F)[C@@H]1OC(=O)C(C)(C)C. The van der Waals surface area contributed by atoms with Crippen molar-refractivity contribution in [2.45, 2.75) is 66.1 Å². The van der Waals surface area contributed by atoms with Crippen molar-refractivity contribution in [3.05, 3.63) is 16.7 Å². The molecule has 0 aliphatic carbocycles. The van der Waals surface area contributed by atoms with Crippen LogP contribution in [0.5, 0.6) is 0 Å². The quantitative estimate of drug-likeness (QED) is 0.656. The number of ether oxygens (including phenoxy) is 3. The number of hydrogen-bond donors (Lipinski definition) is 2. The van der Waals surface area contributed by atoms with Crippen molar-refractivity contribution in [3.63, 3.8) is 0 Å². The second kappa shape index (κ2) is 8.15. The molecule has 0 aromatic carbocycles. The summed E-state index contributed by atoms with van der Waals surface area (Å²) in [4.78, 5) is 47.0. The molecule has 1 aliphatic heterocycles. The third kappa shape index (κ3) is 4.59. The summed E-state index contributed by atoms with van der Waals surface area (Å²) < 4.78 is 33.3. The normalized spacial score (nSPS) is 24.0. The minimum absolute atomic E-state index is 0.00661. The summed E-state index contributed by atoms with van der Waals surface area (Å²) >= 11 is 0. The zero-order valence-electron chi connectivity index (χ0n) is 18.8. The molecule has 11 nitrogen and oxygen atoms in total. The van der Waals surface area contributed by atoms with Gasteiger partial charge in [-0.15, -0.1) is 0 Å². The van der Waals surface area contributed by atoms with Gasteiger partial charge in [-0.25, -0.2) is 9.37 Å². The van der Waals surface area contributed by atoms with Gasteiger partial charge in [-0.2, -0.15) is 4.98 Å². The number of esters is 2. The molecule has 3 rings (SSSR count). The molecule has 176 valence electrons. The van der Waals surface area contributed by atoms with E-state index in [1.165, 1.54) is 10.9 Å². The number of nitrogen functional groups attached to an aromatic ring is 1. The predicted octanol–water partition coefficient (Wildman–Crippen LogP) is 1.48. The lowest BCUT2D eigenvalue weighted by Crippen LogP contribution is -2.40. The highest BCUT2D eigenvalue weighted by molar-refractivity contribution is 5.76. The summed E-state index contributed by atoms with van der Waals surface area (Å²) in [5, 5.41) is 0. The largest absolute Gasteiger partial charge is 0.462 e.